The number of thiazole rings is 1. The van der Waals surface area contributed by atoms with Crippen molar-refractivity contribution in [1.82, 2.24) is 9.97 Å². The van der Waals surface area contributed by atoms with Crippen LogP contribution in [0.15, 0.2) is 30.6 Å². The van der Waals surface area contributed by atoms with Gasteiger partial charge in [-0.05, 0) is 19.1 Å². The topological polar surface area (TPSA) is 73.3 Å². The monoisotopic (exact) mass is 327 g/mol. The predicted molar refractivity (Wildman–Crippen MR) is 88.1 cm³/mol. The van der Waals surface area contributed by atoms with Crippen molar-refractivity contribution >= 4 is 33.1 Å². The van der Waals surface area contributed by atoms with E-state index in [-0.39, 0.29) is 5.91 Å². The second kappa shape index (κ2) is 5.20. The van der Waals surface area contributed by atoms with Crippen LogP contribution in [0.5, 0.6) is 11.5 Å². The molecule has 2 aromatic heterocycles. The molecule has 3 heterocycles. The Labute approximate surface area is 136 Å². The van der Waals surface area contributed by atoms with Crippen LogP contribution in [-0.2, 0) is 4.79 Å². The van der Waals surface area contributed by atoms with Crippen molar-refractivity contribution in [3.63, 3.8) is 0 Å². The summed E-state index contributed by atoms with van der Waals surface area (Å²) in [5.74, 6) is 1.08. The Morgan fingerprint density at radius 1 is 1.35 bits per heavy atom. The molecule has 1 N–H and O–H groups in total. The lowest BCUT2D eigenvalue weighted by molar-refractivity contribution is -0.122. The number of amides is 1. The molecule has 1 amide bonds. The highest BCUT2D eigenvalue weighted by Gasteiger charge is 2.28. The van der Waals surface area contributed by atoms with E-state index in [1.54, 1.807) is 32.5 Å². The van der Waals surface area contributed by atoms with E-state index in [4.69, 9.17) is 9.47 Å². The van der Waals surface area contributed by atoms with Gasteiger partial charge in [0.2, 0.25) is 0 Å². The van der Waals surface area contributed by atoms with Crippen LogP contribution in [0.3, 0.4) is 0 Å². The van der Waals surface area contributed by atoms with Crippen LogP contribution >= 0.6 is 11.3 Å². The number of fused-ring (bicyclic) bond motifs is 3. The average molecular weight is 327 g/mol. The molecule has 1 aliphatic rings. The minimum absolute atomic E-state index is 0.169. The van der Waals surface area contributed by atoms with Crippen LogP contribution in [0.4, 0.5) is 5.69 Å². The third-order valence-electron chi connectivity index (χ3n) is 3.66. The number of hydrogen-bond acceptors (Lipinski definition) is 6. The molecule has 1 aliphatic heterocycles. The lowest BCUT2D eigenvalue weighted by atomic mass is 10.2. The fourth-order valence-corrected chi connectivity index (χ4v) is 3.55. The van der Waals surface area contributed by atoms with Crippen molar-refractivity contribution in [2.45, 2.75) is 13.0 Å². The second-order valence-corrected chi connectivity index (χ2v) is 6.14. The standard InChI is InChI=1S/C16H13N3O3S/c1-8-15(20)18-10-7-11(21-2)12-14(13(10)22-8)23-16(19-12)9-3-5-17-6-4-9/h3-8H,1-2H3,(H,18,20). The smallest absolute Gasteiger partial charge is 0.265 e. The summed E-state index contributed by atoms with van der Waals surface area (Å²) in [5, 5.41) is 3.70. The first kappa shape index (κ1) is 14.0. The van der Waals surface area contributed by atoms with Crippen molar-refractivity contribution in [1.29, 1.82) is 0 Å². The summed E-state index contributed by atoms with van der Waals surface area (Å²) in [7, 11) is 1.58. The number of methoxy groups -OCH3 is 1. The van der Waals surface area contributed by atoms with Crippen LogP contribution in [0, 0.1) is 0 Å². The van der Waals surface area contributed by atoms with Gasteiger partial charge in [-0.1, -0.05) is 0 Å². The van der Waals surface area contributed by atoms with Crippen LogP contribution in [0.1, 0.15) is 6.92 Å². The Morgan fingerprint density at radius 3 is 2.87 bits per heavy atom. The van der Waals surface area contributed by atoms with Gasteiger partial charge in [-0.2, -0.15) is 0 Å². The summed E-state index contributed by atoms with van der Waals surface area (Å²) in [6, 6.07) is 5.56. The molecule has 1 unspecified atom stereocenters. The molecule has 0 spiro atoms. The van der Waals surface area contributed by atoms with Gasteiger partial charge in [0.05, 0.1) is 12.8 Å². The Kier molecular flexibility index (Phi) is 3.16. The van der Waals surface area contributed by atoms with E-state index >= 15 is 0 Å². The summed E-state index contributed by atoms with van der Waals surface area (Å²) >= 11 is 1.50. The highest BCUT2D eigenvalue weighted by Crippen LogP contribution is 2.46. The fourth-order valence-electron chi connectivity index (χ4n) is 2.48. The number of carbonyl (C=O) groups is 1. The first-order valence-corrected chi connectivity index (χ1v) is 7.88. The normalized spacial score (nSPS) is 16.6. The minimum Gasteiger partial charge on any atom is -0.494 e. The molecule has 0 radical (unpaired) electrons. The zero-order valence-corrected chi connectivity index (χ0v) is 13.3. The number of nitrogens with one attached hydrogen (secondary N) is 1. The zero-order valence-electron chi connectivity index (χ0n) is 12.5. The molecule has 1 aromatic carbocycles. The Bertz CT molecular complexity index is 908. The molecular weight excluding hydrogens is 314 g/mol. The summed E-state index contributed by atoms with van der Waals surface area (Å²) in [6.45, 7) is 1.72. The number of aromatic nitrogens is 2. The minimum atomic E-state index is -0.537. The summed E-state index contributed by atoms with van der Waals surface area (Å²) in [4.78, 5) is 20.5. The van der Waals surface area contributed by atoms with Gasteiger partial charge in [-0.25, -0.2) is 4.98 Å². The summed E-state index contributed by atoms with van der Waals surface area (Å²) < 4.78 is 12.1. The first-order valence-electron chi connectivity index (χ1n) is 7.07. The van der Waals surface area contributed by atoms with Crippen molar-refractivity contribution in [2.24, 2.45) is 0 Å². The van der Waals surface area contributed by atoms with E-state index < -0.39 is 6.10 Å². The Morgan fingerprint density at radius 2 is 2.13 bits per heavy atom. The average Bonchev–Trinajstić information content (AvgIpc) is 3.02. The number of rotatable bonds is 2. The molecular formula is C16H13N3O3S. The van der Waals surface area contributed by atoms with Crippen molar-refractivity contribution in [3.8, 4) is 22.1 Å². The Balaban J connectivity index is 1.96. The van der Waals surface area contributed by atoms with Gasteiger partial charge in [0.25, 0.3) is 5.91 Å². The molecule has 6 nitrogen and oxygen atoms in total. The van der Waals surface area contributed by atoms with Gasteiger partial charge in [-0.15, -0.1) is 11.3 Å². The van der Waals surface area contributed by atoms with E-state index in [0.717, 1.165) is 20.8 Å². The van der Waals surface area contributed by atoms with E-state index in [0.29, 0.717) is 17.2 Å². The number of carbonyl (C=O) groups excluding carboxylic acids is 1. The first-order chi connectivity index (χ1) is 11.2. The molecule has 4 rings (SSSR count). The molecule has 23 heavy (non-hydrogen) atoms. The molecule has 0 aliphatic carbocycles. The quantitative estimate of drug-likeness (QED) is 0.783. The van der Waals surface area contributed by atoms with Gasteiger partial charge in [0.1, 0.15) is 21.0 Å². The molecule has 7 heteroatoms. The molecule has 1 atom stereocenters. The number of ether oxygens (including phenoxy) is 2. The number of pyridine rings is 1. The van der Waals surface area contributed by atoms with Crippen molar-refractivity contribution in [3.05, 3.63) is 30.6 Å². The van der Waals surface area contributed by atoms with Crippen LogP contribution in [-0.4, -0.2) is 29.1 Å². The zero-order chi connectivity index (χ0) is 16.0. The number of anilines is 1. The summed E-state index contributed by atoms with van der Waals surface area (Å²) in [6.07, 6.45) is 2.92. The third-order valence-corrected chi connectivity index (χ3v) is 4.76. The van der Waals surface area contributed by atoms with Gasteiger partial charge in [-0.3, -0.25) is 9.78 Å². The van der Waals surface area contributed by atoms with E-state index in [1.165, 1.54) is 11.3 Å². The van der Waals surface area contributed by atoms with Crippen LogP contribution < -0.4 is 14.8 Å². The van der Waals surface area contributed by atoms with Gasteiger partial charge < -0.3 is 14.8 Å². The lowest BCUT2D eigenvalue weighted by Crippen LogP contribution is -2.34. The van der Waals surface area contributed by atoms with Crippen LogP contribution in [0.2, 0.25) is 0 Å². The SMILES string of the molecule is COc1cc2c(c3sc(-c4ccncc4)nc13)OC(C)C(=O)N2. The van der Waals surface area contributed by atoms with Gasteiger partial charge in [0.15, 0.2) is 11.9 Å². The molecule has 0 saturated heterocycles. The van der Waals surface area contributed by atoms with Gasteiger partial charge >= 0.3 is 0 Å². The largest absolute Gasteiger partial charge is 0.494 e. The number of benzene rings is 1. The number of hydrogen-bond donors (Lipinski definition) is 1. The summed E-state index contributed by atoms with van der Waals surface area (Å²) in [5.41, 5.74) is 2.32. The maximum Gasteiger partial charge on any atom is 0.265 e. The Hall–Kier alpha value is -2.67. The van der Waals surface area contributed by atoms with E-state index in [9.17, 15) is 4.79 Å². The van der Waals surface area contributed by atoms with Crippen molar-refractivity contribution in [2.75, 3.05) is 12.4 Å². The molecule has 0 saturated carbocycles. The highest BCUT2D eigenvalue weighted by molar-refractivity contribution is 7.22. The molecule has 116 valence electrons. The predicted octanol–water partition coefficient (Wildman–Crippen LogP) is 3.09. The van der Waals surface area contributed by atoms with E-state index in [1.807, 2.05) is 12.1 Å². The molecule has 0 fully saturated rings. The molecule has 3 aromatic rings. The van der Waals surface area contributed by atoms with Crippen molar-refractivity contribution < 1.29 is 14.3 Å². The highest BCUT2D eigenvalue weighted by atomic mass is 32.1. The maximum atomic E-state index is 11.8. The number of nitrogens with zero attached hydrogens (tertiary/aromatic N) is 2. The second-order valence-electron chi connectivity index (χ2n) is 5.14. The van der Waals surface area contributed by atoms with Gasteiger partial charge in [0, 0.05) is 24.0 Å². The lowest BCUT2D eigenvalue weighted by Gasteiger charge is -2.24. The molecule has 0 bridgehead atoms. The maximum absolute atomic E-state index is 11.8. The third kappa shape index (κ3) is 2.20. The van der Waals surface area contributed by atoms with E-state index in [2.05, 4.69) is 15.3 Å². The fraction of sp³-hybridized carbons (Fsp3) is 0.188. The van der Waals surface area contributed by atoms with Crippen LogP contribution in [0.25, 0.3) is 20.8 Å².